The average Bonchev–Trinajstić information content (AvgIpc) is 2.34. The van der Waals surface area contributed by atoms with Crippen molar-refractivity contribution >= 4 is 11.4 Å². The highest BCUT2D eigenvalue weighted by Crippen LogP contribution is 2.16. The average molecular weight is 240 g/mol. The number of anilines is 2. The molecular formula is C16H20N2. The maximum atomic E-state index is 5.80. The minimum atomic E-state index is 0.847. The summed E-state index contributed by atoms with van der Waals surface area (Å²) >= 11 is 0. The van der Waals surface area contributed by atoms with Gasteiger partial charge < -0.3 is 11.1 Å². The van der Waals surface area contributed by atoms with Crippen LogP contribution in [0.1, 0.15) is 16.7 Å². The maximum Gasteiger partial charge on any atom is 0.0345 e. The highest BCUT2D eigenvalue weighted by molar-refractivity contribution is 5.56. The first-order valence-electron chi connectivity index (χ1n) is 6.31. The van der Waals surface area contributed by atoms with Gasteiger partial charge in [0.25, 0.3) is 0 Å². The van der Waals surface area contributed by atoms with Crippen LogP contribution in [0.3, 0.4) is 0 Å². The Morgan fingerprint density at radius 1 is 1.06 bits per heavy atom. The van der Waals surface area contributed by atoms with Crippen molar-refractivity contribution in [2.45, 2.75) is 20.3 Å². The summed E-state index contributed by atoms with van der Waals surface area (Å²) in [5, 5.41) is 3.43. The Morgan fingerprint density at radius 3 is 2.61 bits per heavy atom. The molecule has 3 N–H and O–H groups in total. The molecule has 0 aromatic heterocycles. The lowest BCUT2D eigenvalue weighted by molar-refractivity contribution is 1.02. The number of hydrogen-bond donors (Lipinski definition) is 2. The zero-order valence-electron chi connectivity index (χ0n) is 11.0. The summed E-state index contributed by atoms with van der Waals surface area (Å²) in [6, 6.07) is 14.7. The standard InChI is InChI=1S/C16H20N2/c1-12-4-3-5-14(10-12)8-9-18-15-6-7-16(17)13(2)11-15/h3-7,10-11,18H,8-9,17H2,1-2H3. The summed E-state index contributed by atoms with van der Waals surface area (Å²) < 4.78 is 0. The molecule has 2 nitrogen and oxygen atoms in total. The van der Waals surface area contributed by atoms with E-state index in [9.17, 15) is 0 Å². The first-order valence-corrected chi connectivity index (χ1v) is 6.31. The fourth-order valence-corrected chi connectivity index (χ4v) is 2.00. The Kier molecular flexibility index (Phi) is 3.88. The number of rotatable bonds is 4. The van der Waals surface area contributed by atoms with E-state index >= 15 is 0 Å². The summed E-state index contributed by atoms with van der Waals surface area (Å²) in [6.45, 7) is 5.09. The molecule has 0 heterocycles. The van der Waals surface area contributed by atoms with E-state index in [4.69, 9.17) is 5.73 Å². The molecule has 2 aromatic carbocycles. The van der Waals surface area contributed by atoms with Gasteiger partial charge in [-0.05, 0) is 49.6 Å². The zero-order chi connectivity index (χ0) is 13.0. The largest absolute Gasteiger partial charge is 0.399 e. The van der Waals surface area contributed by atoms with Crippen LogP contribution in [0.25, 0.3) is 0 Å². The summed E-state index contributed by atoms with van der Waals surface area (Å²) in [6.07, 6.45) is 1.03. The second kappa shape index (κ2) is 5.58. The molecule has 0 amide bonds. The molecule has 0 bridgehead atoms. The van der Waals surface area contributed by atoms with Gasteiger partial charge in [0.05, 0.1) is 0 Å². The summed E-state index contributed by atoms with van der Waals surface area (Å²) in [5.74, 6) is 0. The van der Waals surface area contributed by atoms with Crippen molar-refractivity contribution in [3.05, 3.63) is 59.2 Å². The summed E-state index contributed by atoms with van der Waals surface area (Å²) in [4.78, 5) is 0. The zero-order valence-corrected chi connectivity index (χ0v) is 11.0. The van der Waals surface area contributed by atoms with Crippen LogP contribution in [0.4, 0.5) is 11.4 Å². The predicted octanol–water partition coefficient (Wildman–Crippen LogP) is 3.54. The lowest BCUT2D eigenvalue weighted by Crippen LogP contribution is -2.05. The van der Waals surface area contributed by atoms with E-state index in [1.165, 1.54) is 11.1 Å². The van der Waals surface area contributed by atoms with Gasteiger partial charge in [-0.3, -0.25) is 0 Å². The predicted molar refractivity (Wildman–Crippen MR) is 79.0 cm³/mol. The maximum absolute atomic E-state index is 5.80. The highest BCUT2D eigenvalue weighted by atomic mass is 14.9. The molecule has 0 fully saturated rings. The van der Waals surface area contributed by atoms with Crippen LogP contribution in [0, 0.1) is 13.8 Å². The third-order valence-electron chi connectivity index (χ3n) is 3.10. The SMILES string of the molecule is Cc1cccc(CCNc2ccc(N)c(C)c2)c1. The van der Waals surface area contributed by atoms with E-state index in [0.29, 0.717) is 0 Å². The second-order valence-corrected chi connectivity index (χ2v) is 4.74. The number of hydrogen-bond acceptors (Lipinski definition) is 2. The molecule has 0 saturated heterocycles. The Morgan fingerprint density at radius 2 is 1.89 bits per heavy atom. The van der Waals surface area contributed by atoms with Gasteiger partial charge in [-0.1, -0.05) is 29.8 Å². The smallest absolute Gasteiger partial charge is 0.0345 e. The van der Waals surface area contributed by atoms with E-state index in [2.05, 4.69) is 42.6 Å². The summed E-state index contributed by atoms with van der Waals surface area (Å²) in [7, 11) is 0. The first kappa shape index (κ1) is 12.5. The van der Waals surface area contributed by atoms with Gasteiger partial charge in [-0.25, -0.2) is 0 Å². The molecule has 0 aliphatic heterocycles. The van der Waals surface area contributed by atoms with Gasteiger partial charge in [0.1, 0.15) is 0 Å². The van der Waals surface area contributed by atoms with E-state index in [-0.39, 0.29) is 0 Å². The molecule has 18 heavy (non-hydrogen) atoms. The minimum absolute atomic E-state index is 0.847. The van der Waals surface area contributed by atoms with Crippen molar-refractivity contribution in [2.24, 2.45) is 0 Å². The van der Waals surface area contributed by atoms with Crippen LogP contribution in [0.5, 0.6) is 0 Å². The monoisotopic (exact) mass is 240 g/mol. The fraction of sp³-hybridized carbons (Fsp3) is 0.250. The van der Waals surface area contributed by atoms with Crippen LogP contribution < -0.4 is 11.1 Å². The molecule has 2 aromatic rings. The van der Waals surface area contributed by atoms with Gasteiger partial charge in [0.2, 0.25) is 0 Å². The van der Waals surface area contributed by atoms with Crippen molar-refractivity contribution < 1.29 is 0 Å². The van der Waals surface area contributed by atoms with Gasteiger partial charge in [-0.15, -0.1) is 0 Å². The van der Waals surface area contributed by atoms with Crippen molar-refractivity contribution in [1.29, 1.82) is 0 Å². The fourth-order valence-electron chi connectivity index (χ4n) is 2.00. The Balaban J connectivity index is 1.90. The topological polar surface area (TPSA) is 38.0 Å². The quantitative estimate of drug-likeness (QED) is 0.802. The van der Waals surface area contributed by atoms with Gasteiger partial charge in [-0.2, -0.15) is 0 Å². The number of nitrogens with one attached hydrogen (secondary N) is 1. The lowest BCUT2D eigenvalue weighted by Gasteiger charge is -2.09. The van der Waals surface area contributed by atoms with E-state index in [1.807, 2.05) is 19.1 Å². The van der Waals surface area contributed by atoms with Crippen molar-refractivity contribution in [2.75, 3.05) is 17.6 Å². The molecule has 0 aliphatic carbocycles. The van der Waals surface area contributed by atoms with Gasteiger partial charge in [0, 0.05) is 17.9 Å². The molecule has 0 aliphatic rings. The first-order chi connectivity index (χ1) is 8.65. The highest BCUT2D eigenvalue weighted by Gasteiger charge is 1.97. The van der Waals surface area contributed by atoms with Crippen molar-refractivity contribution in [1.82, 2.24) is 0 Å². The van der Waals surface area contributed by atoms with Crippen LogP contribution in [-0.4, -0.2) is 6.54 Å². The van der Waals surface area contributed by atoms with Crippen LogP contribution in [-0.2, 0) is 6.42 Å². The normalized spacial score (nSPS) is 10.3. The van der Waals surface area contributed by atoms with Crippen LogP contribution in [0.2, 0.25) is 0 Å². The third kappa shape index (κ3) is 3.27. The molecule has 0 saturated carbocycles. The third-order valence-corrected chi connectivity index (χ3v) is 3.10. The lowest BCUT2D eigenvalue weighted by atomic mass is 10.1. The molecule has 2 heteroatoms. The van der Waals surface area contributed by atoms with Crippen LogP contribution >= 0.6 is 0 Å². The number of nitrogens with two attached hydrogens (primary N) is 1. The Bertz CT molecular complexity index is 532. The van der Waals surface area contributed by atoms with E-state index in [1.54, 1.807) is 0 Å². The number of aryl methyl sites for hydroxylation is 2. The molecule has 0 spiro atoms. The van der Waals surface area contributed by atoms with Gasteiger partial charge in [0.15, 0.2) is 0 Å². The molecular weight excluding hydrogens is 220 g/mol. The number of benzene rings is 2. The Hall–Kier alpha value is -1.96. The van der Waals surface area contributed by atoms with Gasteiger partial charge >= 0.3 is 0 Å². The van der Waals surface area contributed by atoms with Crippen LogP contribution in [0.15, 0.2) is 42.5 Å². The molecule has 0 unspecified atom stereocenters. The Labute approximate surface area is 109 Å². The van der Waals surface area contributed by atoms with E-state index < -0.39 is 0 Å². The molecule has 0 radical (unpaired) electrons. The second-order valence-electron chi connectivity index (χ2n) is 4.74. The van der Waals surface area contributed by atoms with E-state index in [0.717, 1.165) is 29.9 Å². The molecule has 94 valence electrons. The van der Waals surface area contributed by atoms with Crippen molar-refractivity contribution in [3.63, 3.8) is 0 Å². The minimum Gasteiger partial charge on any atom is -0.399 e. The summed E-state index contributed by atoms with van der Waals surface area (Å²) in [5.41, 5.74) is 11.6. The molecule has 2 rings (SSSR count). The number of nitrogen functional groups attached to an aromatic ring is 1. The molecule has 0 atom stereocenters. The van der Waals surface area contributed by atoms with Crippen molar-refractivity contribution in [3.8, 4) is 0 Å².